The largest absolute Gasteiger partial charge is 2.00 e. The molecule has 0 fully saturated rings. The van der Waals surface area contributed by atoms with Crippen LogP contribution in [0.3, 0.4) is 0 Å². The molecule has 0 bridgehead atoms. The minimum Gasteiger partial charge on any atom is -2.00 e. The zero-order chi connectivity index (χ0) is 0. The van der Waals surface area contributed by atoms with Gasteiger partial charge in [0.15, 0.2) is 0 Å². The van der Waals surface area contributed by atoms with Gasteiger partial charge in [0.05, 0.1) is 0 Å². The number of rotatable bonds is 0. The molecule has 29 heavy (non-hydrogen) atoms. The molecule has 0 aliphatic carbocycles. The number of halogens is 6. The molecule has 0 amide bonds. The Kier molecular flexibility index (Phi) is 457000. The van der Waals surface area contributed by atoms with E-state index < -0.39 is 0 Å². The predicted octanol–water partition coefficient (Wildman–Crippen LogP) is -11.5. The van der Waals surface area contributed by atoms with E-state index in [1.807, 2.05) is 0 Å². The van der Waals surface area contributed by atoms with E-state index in [0.29, 0.717) is 0 Å². The molecule has 0 aromatic rings. The summed E-state index contributed by atoms with van der Waals surface area (Å²) in [6, 6.07) is 0. The van der Waals surface area contributed by atoms with Gasteiger partial charge in [0, 0.05) is 58.4 Å². The standard InChI is InChI=1S/6ClH.14H2N.4H2O.2O.3Ru/h6*1H;18*1H2;;;;;/q;;;;;;14*-1;;;;;2*-2;;;/p-6. The molecule has 0 unspecified atom stereocenters. The molecule has 0 aliphatic rings. The van der Waals surface area contributed by atoms with Gasteiger partial charge in [-0.05, 0) is 0 Å². The smallest absolute Gasteiger partial charge is 0 e. The Morgan fingerprint density at radius 3 is 0.172 bits per heavy atom. The van der Waals surface area contributed by atoms with Crippen molar-refractivity contribution >= 4 is 0 Å². The van der Waals surface area contributed by atoms with Gasteiger partial charge in [0.1, 0.15) is 0 Å². The van der Waals surface area contributed by atoms with Crippen LogP contribution >= 0.6 is 0 Å². The van der Waals surface area contributed by atoms with Crippen LogP contribution in [0, 0.1) is 0 Å². The van der Waals surface area contributed by atoms with Crippen LogP contribution in [0.1, 0.15) is 0 Å². The van der Waals surface area contributed by atoms with Crippen LogP contribution in [0.4, 0.5) is 0 Å². The van der Waals surface area contributed by atoms with Crippen molar-refractivity contribution < 1.29 is 166 Å². The third kappa shape index (κ3) is 3240. The Labute approximate surface area is 250 Å². The zero-order valence-corrected chi connectivity index (χ0v) is 24.0. The van der Waals surface area contributed by atoms with E-state index in [0.717, 1.165) is 0 Å². The number of hydrogen-bond donors (Lipinski definition) is 0. The average molecular weight is 844 g/mol. The summed E-state index contributed by atoms with van der Waals surface area (Å²) in [6.45, 7) is 0. The molecule has 0 spiro atoms. The fourth-order valence-corrected chi connectivity index (χ4v) is 0. The van der Waals surface area contributed by atoms with Gasteiger partial charge in [-0.3, -0.25) is 0 Å². The van der Waals surface area contributed by atoms with Crippen molar-refractivity contribution in [2.45, 2.75) is 0 Å². The molecule has 0 saturated heterocycles. The van der Waals surface area contributed by atoms with Gasteiger partial charge in [-0.15, -0.1) is 0 Å². The molecule has 0 aromatic heterocycles. The summed E-state index contributed by atoms with van der Waals surface area (Å²) in [5.74, 6) is 0. The Morgan fingerprint density at radius 2 is 0.172 bits per heavy atom. The van der Waals surface area contributed by atoms with Crippen LogP contribution in [-0.2, 0) is 69.4 Å². The van der Waals surface area contributed by atoms with Gasteiger partial charge in [-0.2, -0.15) is 0 Å². The van der Waals surface area contributed by atoms with Gasteiger partial charge in [-0.1, -0.05) is 0 Å². The molecule has 0 aliphatic heterocycles. The second kappa shape index (κ2) is 3470. The summed E-state index contributed by atoms with van der Waals surface area (Å²) in [6.07, 6.45) is 0. The second-order valence-corrected chi connectivity index (χ2v) is 0. The molecule has 36 N–H and O–H groups in total. The van der Waals surface area contributed by atoms with Crippen molar-refractivity contribution in [2.75, 3.05) is 0 Å². The number of hydrogen-bond acceptors (Lipinski definition) is 0. The predicted molar refractivity (Wildman–Crippen MR) is 89.8 cm³/mol. The van der Waals surface area contributed by atoms with Gasteiger partial charge in [-0.25, -0.2) is 0 Å². The first-order valence-corrected chi connectivity index (χ1v) is 0. The Bertz CT molecular complexity index is 51.8. The molecule has 0 rings (SSSR count). The Morgan fingerprint density at radius 1 is 0.172 bits per heavy atom. The first-order chi connectivity index (χ1) is 0. The van der Waals surface area contributed by atoms with Gasteiger partial charge in [0.2, 0.25) is 0 Å². The summed E-state index contributed by atoms with van der Waals surface area (Å²) in [5, 5.41) is 0. The minimum atomic E-state index is 0. The van der Waals surface area contributed by atoms with E-state index in [-0.39, 0.29) is 252 Å². The van der Waals surface area contributed by atoms with Crippen molar-refractivity contribution in [3.63, 3.8) is 0 Å². The average Bonchev–Trinajstić information content (AvgIpc) is 0. The molecule has 0 atom stereocenters. The van der Waals surface area contributed by atoms with Crippen molar-refractivity contribution in [3.05, 3.63) is 86.1 Å². The van der Waals surface area contributed by atoms with Crippen molar-refractivity contribution in [1.82, 2.24) is 0 Å². The van der Waals surface area contributed by atoms with E-state index in [1.54, 1.807) is 0 Å². The maximum Gasteiger partial charge on any atom is 0 e. The van der Waals surface area contributed by atoms with Crippen molar-refractivity contribution in [2.24, 2.45) is 0 Å². The van der Waals surface area contributed by atoms with Crippen molar-refractivity contribution in [3.8, 4) is 0 Å². The molecular formula is H36Cl6N14O6Ru3-24. The molecule has 232 valence electrons. The van der Waals surface area contributed by atoms with Crippen LogP contribution in [0.2, 0.25) is 0 Å². The fourth-order valence-electron chi connectivity index (χ4n) is 0. The van der Waals surface area contributed by atoms with Crippen LogP contribution < -0.4 is 74.4 Å². The number of nitrogens with two attached hydrogens (primary N) is 14. The molecule has 29 heteroatoms. The van der Waals surface area contributed by atoms with E-state index in [2.05, 4.69) is 0 Å². The van der Waals surface area contributed by atoms with E-state index >= 15 is 0 Å². The Hall–Kier alpha value is 2.81. The van der Waals surface area contributed by atoms with Crippen molar-refractivity contribution in [1.29, 1.82) is 0 Å². The topological polar surface area (TPSA) is 652 Å². The van der Waals surface area contributed by atoms with Crippen LogP contribution in [0.5, 0.6) is 0 Å². The SMILES string of the molecule is O.O.O.O.[Cl-].[Cl-].[Cl-].[Cl-].[Cl-].[Cl-].[NH2-].[NH2-].[NH2-].[NH2-].[NH2-].[NH2-].[NH2-].[NH2-].[NH2-].[NH2-].[NH2-].[NH2-].[NH2-].[NH2-].[O-2].[O-2].[Ru].[Ru].[Ru]. The Balaban J connectivity index is 0. The summed E-state index contributed by atoms with van der Waals surface area (Å²) in [5.41, 5.74) is 0. The van der Waals surface area contributed by atoms with E-state index in [9.17, 15) is 0 Å². The van der Waals surface area contributed by atoms with Crippen LogP contribution in [0.15, 0.2) is 0 Å². The fraction of sp³-hybridized carbons (Fsp3) is 0. The molecular weight excluding hydrogens is 808 g/mol. The van der Waals surface area contributed by atoms with Gasteiger partial charge in [0.25, 0.3) is 0 Å². The zero-order valence-electron chi connectivity index (χ0n) is 14.2. The summed E-state index contributed by atoms with van der Waals surface area (Å²) in [7, 11) is 0. The van der Waals surface area contributed by atoms with Crippen LogP contribution in [-0.4, -0.2) is 21.9 Å². The minimum absolute atomic E-state index is 0. The molecule has 0 heterocycles. The van der Waals surface area contributed by atoms with Gasteiger partial charge >= 0.3 is 0 Å². The molecule has 0 radical (unpaired) electrons. The first-order valence-electron chi connectivity index (χ1n) is 0. The molecule has 0 aromatic carbocycles. The first kappa shape index (κ1) is 3820. The monoisotopic (exact) mass is 844 g/mol. The molecule has 0 saturated carbocycles. The quantitative estimate of drug-likeness (QED) is 0.205. The molecule has 20 nitrogen and oxygen atoms in total. The van der Waals surface area contributed by atoms with Gasteiger partial charge < -0.3 is 193 Å². The van der Waals surface area contributed by atoms with E-state index in [1.165, 1.54) is 0 Å². The maximum atomic E-state index is 0. The third-order valence-electron chi connectivity index (χ3n) is 0. The summed E-state index contributed by atoms with van der Waals surface area (Å²) in [4.78, 5) is 0. The second-order valence-electron chi connectivity index (χ2n) is 0. The normalized spacial score (nSPS) is 0. The van der Waals surface area contributed by atoms with E-state index in [4.69, 9.17) is 0 Å². The summed E-state index contributed by atoms with van der Waals surface area (Å²) >= 11 is 0. The summed E-state index contributed by atoms with van der Waals surface area (Å²) < 4.78 is 0. The maximum absolute atomic E-state index is 0. The van der Waals surface area contributed by atoms with Crippen LogP contribution in [0.25, 0.3) is 86.1 Å². The third-order valence-corrected chi connectivity index (χ3v) is 0.